The van der Waals surface area contributed by atoms with Crippen LogP contribution in [0.25, 0.3) is 22.3 Å². The van der Waals surface area contributed by atoms with Gasteiger partial charge in [-0.3, -0.25) is 9.59 Å². The summed E-state index contributed by atoms with van der Waals surface area (Å²) in [5, 5.41) is 15.5. The Hall–Kier alpha value is -3.53. The predicted octanol–water partition coefficient (Wildman–Crippen LogP) is 3.65. The molecule has 2 heterocycles. The SMILES string of the molecule is Cc1[nH]c2c(-c3cc(F)ccc3OCC3CC3)ncnc2c1C(=O)N[C@H]1CC[C@@H](NC(=O)[C@H](C)O)C[C@H]1C. The number of aryl methyl sites for hydroxylation is 1. The number of carbonyl (C=O) groups is 2. The Morgan fingerprint density at radius 2 is 2.00 bits per heavy atom. The van der Waals surface area contributed by atoms with E-state index in [1.807, 2.05) is 13.8 Å². The molecule has 0 saturated heterocycles. The minimum Gasteiger partial charge on any atom is -0.493 e. The molecule has 3 aromatic rings. The first kappa shape index (κ1) is 26.1. The smallest absolute Gasteiger partial charge is 0.255 e. The molecule has 2 fully saturated rings. The summed E-state index contributed by atoms with van der Waals surface area (Å²) in [6.07, 6.45) is 4.72. The van der Waals surface area contributed by atoms with E-state index < -0.39 is 11.9 Å². The van der Waals surface area contributed by atoms with Gasteiger partial charge in [-0.05, 0) is 76.0 Å². The standard InChI is InChI=1S/C28H34FN5O4/c1-14-10-19(33-27(36)16(3)35)7-8-21(14)34-28(37)23-15(2)32-26-24(30-13-31-25(23)26)20-11-18(29)6-9-22(20)38-12-17-4-5-17/h6,9,11,13-14,16-17,19,21,32,35H,4-5,7-8,10,12H2,1-3H3,(H,33,36)(H,34,37)/t14-,16+,19-,21+/m1/s1. The summed E-state index contributed by atoms with van der Waals surface area (Å²) in [5.74, 6) is 0.181. The number of nitrogens with zero attached hydrogens (tertiary/aromatic N) is 2. The molecular weight excluding hydrogens is 489 g/mol. The first-order valence-corrected chi connectivity index (χ1v) is 13.3. The lowest BCUT2D eigenvalue weighted by Gasteiger charge is -2.35. The second kappa shape index (κ2) is 10.7. The van der Waals surface area contributed by atoms with Crippen molar-refractivity contribution < 1.29 is 23.8 Å². The number of aliphatic hydroxyl groups excluding tert-OH is 1. The highest BCUT2D eigenvalue weighted by Crippen LogP contribution is 2.37. The van der Waals surface area contributed by atoms with Crippen LogP contribution in [0.2, 0.25) is 0 Å². The number of fused-ring (bicyclic) bond motifs is 1. The van der Waals surface area contributed by atoms with Gasteiger partial charge in [-0.1, -0.05) is 6.92 Å². The van der Waals surface area contributed by atoms with E-state index in [4.69, 9.17) is 4.74 Å². The number of hydrogen-bond donors (Lipinski definition) is 4. The number of rotatable bonds is 8. The molecule has 9 nitrogen and oxygen atoms in total. The van der Waals surface area contributed by atoms with Gasteiger partial charge in [0.1, 0.15) is 35.2 Å². The van der Waals surface area contributed by atoms with Gasteiger partial charge in [0.2, 0.25) is 5.91 Å². The van der Waals surface area contributed by atoms with Gasteiger partial charge in [0.25, 0.3) is 5.91 Å². The third-order valence-corrected chi connectivity index (χ3v) is 7.58. The Kier molecular flexibility index (Phi) is 7.34. The van der Waals surface area contributed by atoms with Gasteiger partial charge in [0, 0.05) is 23.3 Å². The third-order valence-electron chi connectivity index (χ3n) is 7.58. The molecule has 2 aliphatic carbocycles. The van der Waals surface area contributed by atoms with Crippen LogP contribution < -0.4 is 15.4 Å². The van der Waals surface area contributed by atoms with Crippen molar-refractivity contribution in [3.05, 3.63) is 41.6 Å². The zero-order valence-electron chi connectivity index (χ0n) is 21.9. The number of aliphatic hydroxyl groups is 1. The fraction of sp³-hybridized carbons (Fsp3) is 0.500. The molecule has 2 saturated carbocycles. The zero-order valence-corrected chi connectivity index (χ0v) is 21.9. The summed E-state index contributed by atoms with van der Waals surface area (Å²) in [6, 6.07) is 4.28. The molecule has 2 aromatic heterocycles. The molecule has 0 radical (unpaired) electrons. The number of nitrogens with one attached hydrogen (secondary N) is 3. The van der Waals surface area contributed by atoms with Crippen LogP contribution in [0.5, 0.6) is 5.75 Å². The van der Waals surface area contributed by atoms with E-state index in [9.17, 15) is 19.1 Å². The molecule has 0 bridgehead atoms. The van der Waals surface area contributed by atoms with E-state index in [1.54, 1.807) is 6.07 Å². The van der Waals surface area contributed by atoms with Crippen LogP contribution >= 0.6 is 0 Å². The van der Waals surface area contributed by atoms with E-state index >= 15 is 0 Å². The van der Waals surface area contributed by atoms with Gasteiger partial charge in [-0.25, -0.2) is 14.4 Å². The number of H-pyrrole nitrogens is 1. The minimum atomic E-state index is -1.05. The van der Waals surface area contributed by atoms with Crippen LogP contribution in [0.15, 0.2) is 24.5 Å². The minimum absolute atomic E-state index is 0.0343. The molecule has 10 heteroatoms. The largest absolute Gasteiger partial charge is 0.493 e. The van der Waals surface area contributed by atoms with Crippen molar-refractivity contribution in [1.82, 2.24) is 25.6 Å². The number of aromatic amines is 1. The van der Waals surface area contributed by atoms with E-state index in [0.717, 1.165) is 12.8 Å². The van der Waals surface area contributed by atoms with Crippen molar-refractivity contribution in [3.8, 4) is 17.0 Å². The number of ether oxygens (including phenoxy) is 1. The number of carbonyl (C=O) groups excluding carboxylic acids is 2. The maximum Gasteiger partial charge on any atom is 0.255 e. The lowest BCUT2D eigenvalue weighted by Crippen LogP contribution is -2.49. The van der Waals surface area contributed by atoms with E-state index in [-0.39, 0.29) is 29.8 Å². The van der Waals surface area contributed by atoms with Gasteiger partial charge in [-0.15, -0.1) is 0 Å². The molecule has 38 heavy (non-hydrogen) atoms. The molecule has 5 rings (SSSR count). The molecule has 202 valence electrons. The van der Waals surface area contributed by atoms with Crippen molar-refractivity contribution in [3.63, 3.8) is 0 Å². The molecule has 0 unspecified atom stereocenters. The monoisotopic (exact) mass is 523 g/mol. The summed E-state index contributed by atoms with van der Waals surface area (Å²) < 4.78 is 20.3. The van der Waals surface area contributed by atoms with Gasteiger partial charge in [0.05, 0.1) is 17.7 Å². The van der Waals surface area contributed by atoms with Crippen molar-refractivity contribution in [1.29, 1.82) is 0 Å². The second-order valence-electron chi connectivity index (χ2n) is 10.7. The van der Waals surface area contributed by atoms with Crippen molar-refractivity contribution in [2.75, 3.05) is 6.61 Å². The van der Waals surface area contributed by atoms with E-state index in [2.05, 4.69) is 25.6 Å². The van der Waals surface area contributed by atoms with Crippen molar-refractivity contribution in [2.45, 2.75) is 71.1 Å². The van der Waals surface area contributed by atoms with Crippen LogP contribution in [0.1, 0.15) is 62.0 Å². The summed E-state index contributed by atoms with van der Waals surface area (Å²) in [4.78, 5) is 37.4. The Bertz CT molecular complexity index is 1350. The molecule has 4 atom stereocenters. The van der Waals surface area contributed by atoms with Crippen LogP contribution in [-0.2, 0) is 4.79 Å². The highest BCUT2D eigenvalue weighted by Gasteiger charge is 2.32. The summed E-state index contributed by atoms with van der Waals surface area (Å²) >= 11 is 0. The lowest BCUT2D eigenvalue weighted by atomic mass is 9.82. The fourth-order valence-electron chi connectivity index (χ4n) is 5.21. The number of hydrogen-bond acceptors (Lipinski definition) is 6. The molecule has 1 aromatic carbocycles. The highest BCUT2D eigenvalue weighted by atomic mass is 19.1. The van der Waals surface area contributed by atoms with Crippen LogP contribution in [0.3, 0.4) is 0 Å². The molecule has 2 aliphatic rings. The molecular formula is C28H34FN5O4. The maximum atomic E-state index is 14.3. The van der Waals surface area contributed by atoms with Crippen LogP contribution in [0, 0.1) is 24.6 Å². The third kappa shape index (κ3) is 5.50. The highest BCUT2D eigenvalue weighted by molar-refractivity contribution is 6.09. The maximum absolute atomic E-state index is 14.3. The average Bonchev–Trinajstić information content (AvgIpc) is 3.64. The Labute approximate surface area is 220 Å². The van der Waals surface area contributed by atoms with E-state index in [1.165, 1.54) is 25.4 Å². The first-order chi connectivity index (χ1) is 18.2. The number of amides is 2. The number of aromatic nitrogens is 3. The van der Waals surface area contributed by atoms with Crippen molar-refractivity contribution >= 4 is 22.8 Å². The Morgan fingerprint density at radius 3 is 2.71 bits per heavy atom. The zero-order chi connectivity index (χ0) is 27.0. The molecule has 0 aliphatic heterocycles. The van der Waals surface area contributed by atoms with Gasteiger partial charge < -0.3 is 25.5 Å². The molecule has 0 spiro atoms. The molecule has 2 amide bonds. The Morgan fingerprint density at radius 1 is 1.21 bits per heavy atom. The fourth-order valence-corrected chi connectivity index (χ4v) is 5.21. The van der Waals surface area contributed by atoms with Crippen LogP contribution in [0.4, 0.5) is 4.39 Å². The number of benzene rings is 1. The van der Waals surface area contributed by atoms with Crippen LogP contribution in [-0.4, -0.2) is 56.7 Å². The second-order valence-corrected chi connectivity index (χ2v) is 10.7. The molecule has 4 N–H and O–H groups in total. The van der Waals surface area contributed by atoms with Crippen molar-refractivity contribution in [2.24, 2.45) is 11.8 Å². The quantitative estimate of drug-likeness (QED) is 0.357. The average molecular weight is 524 g/mol. The predicted molar refractivity (Wildman–Crippen MR) is 140 cm³/mol. The van der Waals surface area contributed by atoms with Gasteiger partial charge in [-0.2, -0.15) is 0 Å². The first-order valence-electron chi connectivity index (χ1n) is 13.3. The van der Waals surface area contributed by atoms with Gasteiger partial charge >= 0.3 is 0 Å². The summed E-state index contributed by atoms with van der Waals surface area (Å²) in [5.41, 5.74) is 3.07. The summed E-state index contributed by atoms with van der Waals surface area (Å²) in [6.45, 7) is 5.87. The summed E-state index contributed by atoms with van der Waals surface area (Å²) in [7, 11) is 0. The normalized spacial score (nSPS) is 22.2. The Balaban J connectivity index is 1.37. The number of halogens is 1. The van der Waals surface area contributed by atoms with E-state index in [0.29, 0.717) is 71.1 Å². The van der Waals surface area contributed by atoms with Gasteiger partial charge in [0.15, 0.2) is 0 Å². The lowest BCUT2D eigenvalue weighted by molar-refractivity contribution is -0.129. The topological polar surface area (TPSA) is 129 Å².